The molecule has 0 fully saturated rings. The Morgan fingerprint density at radius 3 is 1.67 bits per heavy atom. The summed E-state index contributed by atoms with van der Waals surface area (Å²) < 4.78 is 2.62. The molecule has 2 aliphatic rings. The summed E-state index contributed by atoms with van der Waals surface area (Å²) in [6.45, 7) is 4.77. The summed E-state index contributed by atoms with van der Waals surface area (Å²) in [5.74, 6) is 0. The van der Waals surface area contributed by atoms with E-state index in [1.165, 1.54) is 75.8 Å². The Hall–Kier alpha value is -6.22. The number of rotatable bonds is 4. The third-order valence-corrected chi connectivity index (χ3v) is 13.3. The van der Waals surface area contributed by atoms with Crippen LogP contribution in [0.2, 0.25) is 0 Å². The van der Waals surface area contributed by atoms with E-state index in [0.717, 1.165) is 17.1 Å². The minimum absolute atomic E-state index is 0.115. The van der Waals surface area contributed by atoms with E-state index in [-0.39, 0.29) is 5.41 Å². The van der Waals surface area contributed by atoms with Crippen LogP contribution < -0.4 is 4.90 Å². The first-order valence-electron chi connectivity index (χ1n) is 18.9. The number of anilines is 3. The zero-order chi connectivity index (χ0) is 36.0. The van der Waals surface area contributed by atoms with Crippen LogP contribution >= 0.6 is 11.3 Å². The molecule has 11 rings (SSSR count). The van der Waals surface area contributed by atoms with E-state index in [9.17, 15) is 0 Å². The lowest BCUT2D eigenvalue weighted by atomic mass is 9.55. The maximum absolute atomic E-state index is 2.39. The van der Waals surface area contributed by atoms with Crippen LogP contribution in [0.5, 0.6) is 0 Å². The maximum atomic E-state index is 2.39. The van der Waals surface area contributed by atoms with E-state index >= 15 is 0 Å². The molecule has 9 aromatic rings. The van der Waals surface area contributed by atoms with Crippen molar-refractivity contribution in [3.05, 3.63) is 221 Å². The molecule has 1 heterocycles. The van der Waals surface area contributed by atoms with Crippen LogP contribution in [0.3, 0.4) is 0 Å². The number of thiophene rings is 1. The smallest absolute Gasteiger partial charge is 0.0719 e. The van der Waals surface area contributed by atoms with Crippen molar-refractivity contribution < 1.29 is 0 Å². The molecule has 2 heteroatoms. The van der Waals surface area contributed by atoms with Crippen molar-refractivity contribution in [2.75, 3.05) is 4.90 Å². The minimum atomic E-state index is -0.403. The lowest BCUT2D eigenvalue weighted by Crippen LogP contribution is -2.40. The second-order valence-corrected chi connectivity index (χ2v) is 16.3. The van der Waals surface area contributed by atoms with Gasteiger partial charge in [-0.2, -0.15) is 0 Å². The molecule has 0 saturated heterocycles. The summed E-state index contributed by atoms with van der Waals surface area (Å²) >= 11 is 1.86. The average molecular weight is 708 g/mol. The quantitative estimate of drug-likeness (QED) is 0.176. The third kappa shape index (κ3) is 4.26. The van der Waals surface area contributed by atoms with E-state index < -0.39 is 5.41 Å². The summed E-state index contributed by atoms with van der Waals surface area (Å²) in [5.41, 5.74) is 16.3. The van der Waals surface area contributed by atoms with Crippen LogP contribution in [0.15, 0.2) is 188 Å². The minimum Gasteiger partial charge on any atom is -0.310 e. The molecular weight excluding hydrogens is 671 g/mol. The maximum Gasteiger partial charge on any atom is 0.0719 e. The van der Waals surface area contributed by atoms with Gasteiger partial charge in [0.15, 0.2) is 0 Å². The highest BCUT2D eigenvalue weighted by Crippen LogP contribution is 2.63. The van der Waals surface area contributed by atoms with Gasteiger partial charge >= 0.3 is 0 Å². The Morgan fingerprint density at radius 1 is 0.389 bits per heavy atom. The molecule has 0 N–H and O–H groups in total. The fraction of sp³-hybridized carbons (Fsp3) is 0.0769. The number of nitrogens with zero attached hydrogens (tertiary/aromatic N) is 1. The highest BCUT2D eigenvalue weighted by Gasteiger charge is 2.53. The summed E-state index contributed by atoms with van der Waals surface area (Å²) in [6, 6.07) is 70.0. The molecule has 0 saturated carbocycles. The van der Waals surface area contributed by atoms with Gasteiger partial charge in [0.2, 0.25) is 0 Å². The first kappa shape index (κ1) is 31.3. The van der Waals surface area contributed by atoms with Gasteiger partial charge in [-0.25, -0.2) is 0 Å². The van der Waals surface area contributed by atoms with Gasteiger partial charge in [0.25, 0.3) is 0 Å². The normalized spacial score (nSPS) is 14.4. The van der Waals surface area contributed by atoms with Gasteiger partial charge in [-0.1, -0.05) is 159 Å². The van der Waals surface area contributed by atoms with Crippen LogP contribution in [0, 0.1) is 0 Å². The zero-order valence-electron chi connectivity index (χ0n) is 30.3. The second kappa shape index (κ2) is 11.6. The van der Waals surface area contributed by atoms with Crippen LogP contribution in [0.1, 0.15) is 47.2 Å². The summed E-state index contributed by atoms with van der Waals surface area (Å²) in [7, 11) is 0. The van der Waals surface area contributed by atoms with Crippen LogP contribution in [0.25, 0.3) is 42.4 Å². The molecule has 0 aliphatic heterocycles. The lowest BCUT2D eigenvalue weighted by molar-refractivity contribution is 0.563. The standard InChI is InChI=1S/C52H37NS/c1-51(2)43-21-9-11-23-45(43)52(46-24-12-10-22-44(46)51)42-20-8-6-18-41(42)50-38(19-14-25-47(50)52)34-27-29-36(30-28-34)53(35-15-4-3-5-16-35)37-31-32-40-39-17-7-13-26-48(39)54-49(40)33-37/h3-33H,1-2H3. The van der Waals surface area contributed by atoms with Crippen molar-refractivity contribution in [1.29, 1.82) is 0 Å². The van der Waals surface area contributed by atoms with Crippen LogP contribution in [-0.4, -0.2) is 0 Å². The lowest BCUT2D eigenvalue weighted by Gasteiger charge is -2.46. The highest BCUT2D eigenvalue weighted by molar-refractivity contribution is 7.25. The molecule has 0 atom stereocenters. The predicted molar refractivity (Wildman–Crippen MR) is 229 cm³/mol. The Balaban J connectivity index is 1.09. The van der Waals surface area contributed by atoms with Gasteiger partial charge in [0, 0.05) is 42.6 Å². The molecule has 54 heavy (non-hydrogen) atoms. The molecule has 2 aliphatic carbocycles. The number of hydrogen-bond acceptors (Lipinski definition) is 2. The average Bonchev–Trinajstić information content (AvgIpc) is 3.75. The highest BCUT2D eigenvalue weighted by atomic mass is 32.1. The van der Waals surface area contributed by atoms with Crippen molar-refractivity contribution in [2.45, 2.75) is 24.7 Å². The van der Waals surface area contributed by atoms with E-state index in [4.69, 9.17) is 0 Å². The van der Waals surface area contributed by atoms with Crippen molar-refractivity contribution >= 4 is 48.6 Å². The van der Waals surface area contributed by atoms with Gasteiger partial charge in [-0.15, -0.1) is 11.3 Å². The molecule has 1 nitrogen and oxygen atoms in total. The van der Waals surface area contributed by atoms with E-state index in [1.807, 2.05) is 11.3 Å². The number of hydrogen-bond donors (Lipinski definition) is 0. The summed E-state index contributed by atoms with van der Waals surface area (Å²) in [4.78, 5) is 2.38. The Labute approximate surface area is 320 Å². The van der Waals surface area contributed by atoms with Crippen molar-refractivity contribution in [3.63, 3.8) is 0 Å². The predicted octanol–water partition coefficient (Wildman–Crippen LogP) is 14.2. The van der Waals surface area contributed by atoms with Gasteiger partial charge < -0.3 is 4.90 Å². The van der Waals surface area contributed by atoms with Crippen molar-refractivity contribution in [3.8, 4) is 22.3 Å². The summed E-state index contributed by atoms with van der Waals surface area (Å²) in [5, 5.41) is 2.63. The molecule has 256 valence electrons. The molecule has 0 amide bonds. The molecule has 0 bridgehead atoms. The van der Waals surface area contributed by atoms with E-state index in [0.29, 0.717) is 0 Å². The number of fused-ring (bicyclic) bond motifs is 12. The Kier molecular flexibility index (Phi) is 6.75. The first-order valence-corrected chi connectivity index (χ1v) is 19.7. The molecule has 8 aromatic carbocycles. The molecule has 0 unspecified atom stereocenters. The largest absolute Gasteiger partial charge is 0.310 e. The number of para-hydroxylation sites is 1. The topological polar surface area (TPSA) is 3.24 Å². The molecule has 1 spiro atoms. The Bertz CT molecular complexity index is 2860. The zero-order valence-corrected chi connectivity index (χ0v) is 31.1. The Morgan fingerprint density at radius 2 is 0.926 bits per heavy atom. The first-order chi connectivity index (χ1) is 26.5. The molecular formula is C52H37NS. The van der Waals surface area contributed by atoms with E-state index in [1.54, 1.807) is 0 Å². The van der Waals surface area contributed by atoms with Crippen molar-refractivity contribution in [1.82, 2.24) is 0 Å². The molecule has 0 radical (unpaired) electrons. The summed E-state index contributed by atoms with van der Waals surface area (Å²) in [6.07, 6.45) is 0. The van der Waals surface area contributed by atoms with Crippen LogP contribution in [0.4, 0.5) is 17.1 Å². The van der Waals surface area contributed by atoms with Crippen LogP contribution in [-0.2, 0) is 10.8 Å². The third-order valence-electron chi connectivity index (χ3n) is 12.1. The van der Waals surface area contributed by atoms with Gasteiger partial charge in [0.1, 0.15) is 0 Å². The monoisotopic (exact) mass is 707 g/mol. The van der Waals surface area contributed by atoms with Crippen molar-refractivity contribution in [2.24, 2.45) is 0 Å². The number of benzene rings is 8. The van der Waals surface area contributed by atoms with Gasteiger partial charge in [-0.05, 0) is 98.1 Å². The fourth-order valence-corrected chi connectivity index (χ4v) is 11.0. The second-order valence-electron chi connectivity index (χ2n) is 15.2. The SMILES string of the molecule is CC1(C)c2ccccc2C2(c3ccccc3-c3c(-c4ccc(N(c5ccccc5)c5ccc6c(c5)sc5ccccc56)cc4)cccc32)c2ccccc21. The fourth-order valence-electron chi connectivity index (χ4n) is 9.82. The van der Waals surface area contributed by atoms with E-state index in [2.05, 4.69) is 207 Å². The van der Waals surface area contributed by atoms with Gasteiger partial charge in [0.05, 0.1) is 5.41 Å². The molecule has 1 aromatic heterocycles. The van der Waals surface area contributed by atoms with Gasteiger partial charge in [-0.3, -0.25) is 0 Å².